The first-order valence-electron chi connectivity index (χ1n) is 7.39. The van der Waals surface area contributed by atoms with Gasteiger partial charge < -0.3 is 0 Å². The average molecular weight is 334 g/mol. The second kappa shape index (κ2) is 10.2. The van der Waals surface area contributed by atoms with Gasteiger partial charge in [-0.05, 0) is 49.6 Å². The molecule has 0 saturated heterocycles. The minimum atomic E-state index is -0.457. The molecule has 1 heterocycles. The molecule has 0 saturated carbocycles. The number of nitrogens with one attached hydrogen (secondary N) is 1. The van der Waals surface area contributed by atoms with Gasteiger partial charge in [0.05, 0.1) is 11.9 Å². The summed E-state index contributed by atoms with van der Waals surface area (Å²) in [5, 5.41) is 8.34. The number of benzene rings is 1. The Balaban J connectivity index is 0.000000300. The Labute approximate surface area is 139 Å². The summed E-state index contributed by atoms with van der Waals surface area (Å²) >= 11 is 0. The van der Waals surface area contributed by atoms with E-state index in [1.807, 2.05) is 19.1 Å². The number of amides is 1. The predicted octanol–water partition coefficient (Wildman–Crippen LogP) is 4.04. The van der Waals surface area contributed by atoms with Crippen LogP contribution in [0.4, 0.5) is 8.78 Å². The molecule has 0 atom stereocenters. The molecular weight excluding hydrogens is 314 g/mol. The van der Waals surface area contributed by atoms with Gasteiger partial charge in [0.1, 0.15) is 11.6 Å². The molecule has 1 aromatic heterocycles. The second-order valence-electron chi connectivity index (χ2n) is 4.96. The molecule has 0 aliphatic rings. The number of rotatable bonds is 4. The van der Waals surface area contributed by atoms with Crippen LogP contribution in [0.3, 0.4) is 0 Å². The Morgan fingerprint density at radius 2 is 1.92 bits per heavy atom. The number of hydrogen-bond donors (Lipinski definition) is 2. The van der Waals surface area contributed by atoms with E-state index in [-0.39, 0.29) is 12.2 Å². The molecule has 1 amide bonds. The van der Waals surface area contributed by atoms with Crippen LogP contribution in [-0.2, 0) is 4.79 Å². The van der Waals surface area contributed by atoms with Gasteiger partial charge in [0.25, 0.3) is 0 Å². The monoisotopic (exact) mass is 334 g/mol. The molecule has 0 aliphatic carbocycles. The zero-order chi connectivity index (χ0) is 17.9. The number of allylic oxidation sites excluding steroid dienone is 2. The number of halogens is 2. The number of aromatic nitrogens is 1. The molecule has 2 rings (SSSR count). The van der Waals surface area contributed by atoms with Crippen molar-refractivity contribution in [1.82, 2.24) is 10.5 Å². The van der Waals surface area contributed by atoms with E-state index in [0.29, 0.717) is 17.7 Å². The minimum absolute atomic E-state index is 0.132. The summed E-state index contributed by atoms with van der Waals surface area (Å²) in [6.45, 7) is 3.56. The Morgan fingerprint density at radius 1 is 1.21 bits per heavy atom. The van der Waals surface area contributed by atoms with Gasteiger partial charge in [0.2, 0.25) is 5.91 Å². The predicted molar refractivity (Wildman–Crippen MR) is 88.1 cm³/mol. The van der Waals surface area contributed by atoms with Crippen molar-refractivity contribution in [3.05, 3.63) is 71.6 Å². The number of aryl methyl sites for hydroxylation is 1. The molecule has 128 valence electrons. The summed E-state index contributed by atoms with van der Waals surface area (Å²) in [4.78, 5) is 14.8. The van der Waals surface area contributed by atoms with Gasteiger partial charge in [-0.2, -0.15) is 0 Å². The zero-order valence-corrected chi connectivity index (χ0v) is 13.6. The van der Waals surface area contributed by atoms with E-state index in [1.54, 1.807) is 30.6 Å². The SMILES string of the molecule is C/C=C(\CCC(=O)NO)c1ccc(F)cn1.Cc1ccccc1F. The van der Waals surface area contributed by atoms with Crippen LogP contribution in [0.2, 0.25) is 0 Å². The lowest BCUT2D eigenvalue weighted by Gasteiger charge is -2.05. The molecule has 0 spiro atoms. The second-order valence-corrected chi connectivity index (χ2v) is 4.96. The Bertz CT molecular complexity index is 665. The number of carbonyl (C=O) groups excluding carboxylic acids is 1. The summed E-state index contributed by atoms with van der Waals surface area (Å²) in [6, 6.07) is 9.57. The molecule has 24 heavy (non-hydrogen) atoms. The van der Waals surface area contributed by atoms with Crippen molar-refractivity contribution in [2.75, 3.05) is 0 Å². The van der Waals surface area contributed by atoms with Crippen LogP contribution in [0, 0.1) is 18.6 Å². The van der Waals surface area contributed by atoms with E-state index in [0.717, 1.165) is 11.8 Å². The van der Waals surface area contributed by atoms with Crippen molar-refractivity contribution < 1.29 is 18.8 Å². The maximum Gasteiger partial charge on any atom is 0.243 e. The van der Waals surface area contributed by atoms with E-state index in [2.05, 4.69) is 4.98 Å². The number of nitrogens with zero attached hydrogens (tertiary/aromatic N) is 1. The molecule has 0 bridgehead atoms. The van der Waals surface area contributed by atoms with Gasteiger partial charge in [0, 0.05) is 6.42 Å². The third-order valence-electron chi connectivity index (χ3n) is 3.23. The lowest BCUT2D eigenvalue weighted by Crippen LogP contribution is -2.18. The Morgan fingerprint density at radius 3 is 2.38 bits per heavy atom. The third-order valence-corrected chi connectivity index (χ3v) is 3.23. The third kappa shape index (κ3) is 6.66. The summed E-state index contributed by atoms with van der Waals surface area (Å²) in [5.74, 6) is -0.985. The zero-order valence-electron chi connectivity index (χ0n) is 13.6. The average Bonchev–Trinajstić information content (AvgIpc) is 2.60. The standard InChI is InChI=1S/C11H13FN2O2.C7H7F/c1-2-8(3-6-11(15)14-16)10-5-4-9(12)7-13-10;1-6-4-2-3-5-7(6)8/h2,4-5,7,16H,3,6H2,1H3,(H,14,15);2-5H,1H3/b8-2+;. The largest absolute Gasteiger partial charge is 0.289 e. The topological polar surface area (TPSA) is 62.2 Å². The lowest BCUT2D eigenvalue weighted by molar-refractivity contribution is -0.129. The van der Waals surface area contributed by atoms with E-state index in [4.69, 9.17) is 5.21 Å². The van der Waals surface area contributed by atoms with Gasteiger partial charge in [-0.1, -0.05) is 24.3 Å². The fourth-order valence-corrected chi connectivity index (χ4v) is 1.84. The van der Waals surface area contributed by atoms with Crippen LogP contribution >= 0.6 is 0 Å². The molecule has 0 unspecified atom stereocenters. The van der Waals surface area contributed by atoms with Crippen LogP contribution in [0.25, 0.3) is 5.57 Å². The molecule has 2 N–H and O–H groups in total. The summed E-state index contributed by atoms with van der Waals surface area (Å²) in [6.07, 6.45) is 3.55. The molecule has 2 aromatic rings. The summed E-state index contributed by atoms with van der Waals surface area (Å²) in [7, 11) is 0. The molecule has 0 fully saturated rings. The van der Waals surface area contributed by atoms with Gasteiger partial charge in [-0.25, -0.2) is 14.3 Å². The summed E-state index contributed by atoms with van der Waals surface area (Å²) in [5.41, 5.74) is 3.73. The van der Waals surface area contributed by atoms with Crippen molar-refractivity contribution in [1.29, 1.82) is 0 Å². The van der Waals surface area contributed by atoms with Gasteiger partial charge in [-0.3, -0.25) is 15.0 Å². The van der Waals surface area contributed by atoms with Gasteiger partial charge >= 0.3 is 0 Å². The first-order chi connectivity index (χ1) is 11.5. The van der Waals surface area contributed by atoms with Gasteiger partial charge in [-0.15, -0.1) is 0 Å². The maximum atomic E-state index is 12.6. The molecule has 0 radical (unpaired) electrons. The van der Waals surface area contributed by atoms with Crippen molar-refractivity contribution in [2.24, 2.45) is 0 Å². The number of hydrogen-bond acceptors (Lipinski definition) is 3. The molecular formula is C18H20F2N2O2. The first kappa shape index (κ1) is 19.4. The van der Waals surface area contributed by atoms with Crippen molar-refractivity contribution >= 4 is 11.5 Å². The number of pyridine rings is 1. The molecule has 1 aromatic carbocycles. The molecule has 4 nitrogen and oxygen atoms in total. The highest BCUT2D eigenvalue weighted by Gasteiger charge is 2.06. The van der Waals surface area contributed by atoms with E-state index < -0.39 is 11.7 Å². The van der Waals surface area contributed by atoms with E-state index >= 15 is 0 Å². The maximum absolute atomic E-state index is 12.6. The summed E-state index contributed by atoms with van der Waals surface area (Å²) < 4.78 is 25.0. The van der Waals surface area contributed by atoms with Crippen LogP contribution in [0.15, 0.2) is 48.7 Å². The fourth-order valence-electron chi connectivity index (χ4n) is 1.84. The van der Waals surface area contributed by atoms with E-state index in [1.165, 1.54) is 12.1 Å². The minimum Gasteiger partial charge on any atom is -0.289 e. The highest BCUT2D eigenvalue weighted by molar-refractivity contribution is 5.77. The Kier molecular flexibility index (Phi) is 8.29. The van der Waals surface area contributed by atoms with Crippen LogP contribution in [0.5, 0.6) is 0 Å². The lowest BCUT2D eigenvalue weighted by atomic mass is 10.1. The number of carbonyl (C=O) groups is 1. The normalized spacial score (nSPS) is 10.6. The highest BCUT2D eigenvalue weighted by Crippen LogP contribution is 2.17. The van der Waals surface area contributed by atoms with Crippen molar-refractivity contribution in [3.63, 3.8) is 0 Å². The smallest absolute Gasteiger partial charge is 0.243 e. The number of hydroxylamine groups is 1. The molecule has 6 heteroatoms. The fraction of sp³-hybridized carbons (Fsp3) is 0.222. The van der Waals surface area contributed by atoms with Crippen molar-refractivity contribution in [2.45, 2.75) is 26.7 Å². The van der Waals surface area contributed by atoms with Crippen LogP contribution in [0.1, 0.15) is 31.0 Å². The van der Waals surface area contributed by atoms with Crippen LogP contribution in [-0.4, -0.2) is 16.1 Å². The van der Waals surface area contributed by atoms with Crippen molar-refractivity contribution in [3.8, 4) is 0 Å². The first-order valence-corrected chi connectivity index (χ1v) is 7.39. The van der Waals surface area contributed by atoms with E-state index in [9.17, 15) is 13.6 Å². The Hall–Kier alpha value is -2.60. The highest BCUT2D eigenvalue weighted by atomic mass is 19.1. The quantitative estimate of drug-likeness (QED) is 0.655. The van der Waals surface area contributed by atoms with Gasteiger partial charge in [0.15, 0.2) is 0 Å². The van der Waals surface area contributed by atoms with Crippen LogP contribution < -0.4 is 5.48 Å². The molecule has 0 aliphatic heterocycles.